The number of halogens is 2. The number of hydrogen-bond acceptors (Lipinski definition) is 4. The quantitative estimate of drug-likeness (QED) is 0.592. The second kappa shape index (κ2) is 6.90. The molecular weight excluding hydrogens is 354 g/mol. The summed E-state index contributed by atoms with van der Waals surface area (Å²) >= 11 is 9.00. The molecule has 0 heterocycles. The Kier molecular flexibility index (Phi) is 6.07. The second-order valence-electron chi connectivity index (χ2n) is 4.36. The van der Waals surface area contributed by atoms with Gasteiger partial charge >= 0.3 is 0 Å². The summed E-state index contributed by atoms with van der Waals surface area (Å²) in [6.07, 6.45) is 0.722. The van der Waals surface area contributed by atoms with Crippen LogP contribution in [0.4, 0.5) is 5.69 Å². The van der Waals surface area contributed by atoms with E-state index in [4.69, 9.17) is 17.3 Å². The van der Waals surface area contributed by atoms with Gasteiger partial charge in [0.2, 0.25) is 10.0 Å². The Bertz CT molecular complexity index is 549. The molecule has 0 fully saturated rings. The molecule has 0 bridgehead atoms. The van der Waals surface area contributed by atoms with Crippen LogP contribution in [0.1, 0.15) is 6.42 Å². The number of nitrogen functional groups attached to an aromatic ring is 1. The molecular formula is C11H17BrClN3O2S. The highest BCUT2D eigenvalue weighted by atomic mass is 79.9. The molecule has 0 unspecified atom stereocenters. The maximum Gasteiger partial charge on any atom is 0.241 e. The van der Waals surface area contributed by atoms with E-state index in [0.717, 1.165) is 13.0 Å². The van der Waals surface area contributed by atoms with Crippen LogP contribution in [0.5, 0.6) is 0 Å². The number of sulfonamides is 1. The molecule has 0 aliphatic heterocycles. The molecule has 0 spiro atoms. The SMILES string of the molecule is CN(C)CCCNS(=O)(=O)c1cc(Cl)cc(N)c1Br. The van der Waals surface area contributed by atoms with Gasteiger partial charge in [-0.1, -0.05) is 11.6 Å². The molecule has 0 saturated heterocycles. The predicted molar refractivity (Wildman–Crippen MR) is 81.9 cm³/mol. The summed E-state index contributed by atoms with van der Waals surface area (Å²) in [5.41, 5.74) is 5.98. The van der Waals surface area contributed by atoms with Gasteiger partial charge in [0, 0.05) is 17.3 Å². The summed E-state index contributed by atoms with van der Waals surface area (Å²) in [6, 6.07) is 2.87. The van der Waals surface area contributed by atoms with Crippen molar-refractivity contribution in [3.63, 3.8) is 0 Å². The van der Waals surface area contributed by atoms with Gasteiger partial charge in [-0.15, -0.1) is 0 Å². The van der Waals surface area contributed by atoms with Crippen molar-refractivity contribution in [1.29, 1.82) is 0 Å². The van der Waals surface area contributed by atoms with Gasteiger partial charge in [0.25, 0.3) is 0 Å². The number of rotatable bonds is 6. The van der Waals surface area contributed by atoms with E-state index >= 15 is 0 Å². The Morgan fingerprint density at radius 1 is 1.42 bits per heavy atom. The third-order valence-corrected chi connectivity index (χ3v) is 5.25. The van der Waals surface area contributed by atoms with Crippen molar-refractivity contribution >= 4 is 43.2 Å². The minimum absolute atomic E-state index is 0.0577. The first-order valence-electron chi connectivity index (χ1n) is 5.63. The lowest BCUT2D eigenvalue weighted by Gasteiger charge is -2.12. The van der Waals surface area contributed by atoms with Crippen molar-refractivity contribution < 1.29 is 8.42 Å². The zero-order valence-electron chi connectivity index (χ0n) is 10.8. The molecule has 0 amide bonds. The van der Waals surface area contributed by atoms with E-state index in [1.54, 1.807) is 0 Å². The summed E-state index contributed by atoms with van der Waals surface area (Å²) in [6.45, 7) is 1.17. The Morgan fingerprint density at radius 2 is 2.05 bits per heavy atom. The van der Waals surface area contributed by atoms with E-state index < -0.39 is 10.0 Å². The first kappa shape index (κ1) is 16.7. The highest BCUT2D eigenvalue weighted by Gasteiger charge is 2.19. The Hall–Kier alpha value is -0.340. The van der Waals surface area contributed by atoms with E-state index in [-0.39, 0.29) is 9.92 Å². The minimum atomic E-state index is -3.61. The second-order valence-corrected chi connectivity index (χ2v) is 7.33. The minimum Gasteiger partial charge on any atom is -0.398 e. The average Bonchev–Trinajstić information content (AvgIpc) is 2.29. The van der Waals surface area contributed by atoms with Crippen LogP contribution in [-0.2, 0) is 10.0 Å². The lowest BCUT2D eigenvalue weighted by atomic mass is 10.3. The fourth-order valence-corrected chi connectivity index (χ4v) is 3.82. The van der Waals surface area contributed by atoms with Crippen molar-refractivity contribution in [2.24, 2.45) is 0 Å². The van der Waals surface area contributed by atoms with Crippen LogP contribution in [0, 0.1) is 0 Å². The molecule has 1 aromatic carbocycles. The molecule has 0 aliphatic rings. The van der Waals surface area contributed by atoms with E-state index in [2.05, 4.69) is 20.7 Å². The van der Waals surface area contributed by atoms with Gasteiger partial charge in [-0.25, -0.2) is 13.1 Å². The normalized spacial score (nSPS) is 12.1. The van der Waals surface area contributed by atoms with Gasteiger partial charge in [-0.3, -0.25) is 0 Å². The Balaban J connectivity index is 2.83. The largest absolute Gasteiger partial charge is 0.398 e. The zero-order chi connectivity index (χ0) is 14.6. The van der Waals surface area contributed by atoms with E-state index in [9.17, 15) is 8.42 Å². The van der Waals surface area contributed by atoms with Crippen LogP contribution < -0.4 is 10.5 Å². The van der Waals surface area contributed by atoms with Crippen molar-refractivity contribution in [1.82, 2.24) is 9.62 Å². The maximum absolute atomic E-state index is 12.1. The van der Waals surface area contributed by atoms with Gasteiger partial charge in [0.15, 0.2) is 0 Å². The summed E-state index contributed by atoms with van der Waals surface area (Å²) in [5.74, 6) is 0. The molecule has 0 atom stereocenters. The first-order chi connectivity index (χ1) is 8.74. The van der Waals surface area contributed by atoms with Crippen LogP contribution in [-0.4, -0.2) is 40.5 Å². The Labute approximate surface area is 127 Å². The predicted octanol–water partition coefficient (Wildman–Crippen LogP) is 1.91. The monoisotopic (exact) mass is 369 g/mol. The van der Waals surface area contributed by atoms with Crippen LogP contribution in [0.25, 0.3) is 0 Å². The molecule has 0 saturated carbocycles. The van der Waals surface area contributed by atoms with E-state index in [1.165, 1.54) is 12.1 Å². The first-order valence-corrected chi connectivity index (χ1v) is 8.28. The van der Waals surface area contributed by atoms with Crippen molar-refractivity contribution in [3.8, 4) is 0 Å². The number of hydrogen-bond donors (Lipinski definition) is 2. The third kappa shape index (κ3) is 4.92. The number of nitrogens with zero attached hydrogens (tertiary/aromatic N) is 1. The standard InChI is InChI=1S/C11H17BrClN3O2S/c1-16(2)5-3-4-15-19(17,18)10-7-8(13)6-9(14)11(10)12/h6-7,15H,3-5,14H2,1-2H3. The van der Waals surface area contributed by atoms with Crippen molar-refractivity contribution in [2.45, 2.75) is 11.3 Å². The summed E-state index contributed by atoms with van der Waals surface area (Å²) in [7, 11) is 0.253. The topological polar surface area (TPSA) is 75.4 Å². The molecule has 8 heteroatoms. The molecule has 0 radical (unpaired) electrons. The summed E-state index contributed by atoms with van der Waals surface area (Å²) in [5, 5.41) is 0.286. The smallest absolute Gasteiger partial charge is 0.241 e. The van der Waals surface area contributed by atoms with Gasteiger partial charge in [0.05, 0.1) is 9.37 Å². The van der Waals surface area contributed by atoms with Gasteiger partial charge in [0.1, 0.15) is 0 Å². The third-order valence-electron chi connectivity index (χ3n) is 2.40. The molecule has 0 aliphatic carbocycles. The van der Waals surface area contributed by atoms with Gasteiger partial charge in [-0.2, -0.15) is 0 Å². The molecule has 0 aromatic heterocycles. The lowest BCUT2D eigenvalue weighted by Crippen LogP contribution is -2.27. The van der Waals surface area contributed by atoms with Crippen LogP contribution in [0.3, 0.4) is 0 Å². The highest BCUT2D eigenvalue weighted by molar-refractivity contribution is 9.10. The molecule has 19 heavy (non-hydrogen) atoms. The molecule has 5 nitrogen and oxygen atoms in total. The fraction of sp³-hybridized carbons (Fsp3) is 0.455. The molecule has 3 N–H and O–H groups in total. The van der Waals surface area contributed by atoms with Gasteiger partial charge < -0.3 is 10.6 Å². The van der Waals surface area contributed by atoms with Crippen LogP contribution in [0.15, 0.2) is 21.5 Å². The number of nitrogens with two attached hydrogens (primary N) is 1. The van der Waals surface area contributed by atoms with Gasteiger partial charge in [-0.05, 0) is 55.1 Å². The molecule has 1 rings (SSSR count). The maximum atomic E-state index is 12.1. The number of anilines is 1. The lowest BCUT2D eigenvalue weighted by molar-refractivity contribution is 0.400. The highest BCUT2D eigenvalue weighted by Crippen LogP contribution is 2.31. The summed E-state index contributed by atoms with van der Waals surface area (Å²) in [4.78, 5) is 2.05. The molecule has 108 valence electrons. The summed E-state index contributed by atoms with van der Waals surface area (Å²) < 4.78 is 27.1. The zero-order valence-corrected chi connectivity index (χ0v) is 13.9. The Morgan fingerprint density at radius 3 is 2.63 bits per heavy atom. The number of nitrogens with one attached hydrogen (secondary N) is 1. The number of benzene rings is 1. The van der Waals surface area contributed by atoms with E-state index in [1.807, 2.05) is 19.0 Å². The van der Waals surface area contributed by atoms with Crippen molar-refractivity contribution in [3.05, 3.63) is 21.6 Å². The van der Waals surface area contributed by atoms with Crippen LogP contribution >= 0.6 is 27.5 Å². The molecule has 1 aromatic rings. The fourth-order valence-electron chi connectivity index (χ4n) is 1.46. The van der Waals surface area contributed by atoms with Crippen molar-refractivity contribution in [2.75, 3.05) is 32.9 Å². The van der Waals surface area contributed by atoms with Crippen LogP contribution in [0.2, 0.25) is 5.02 Å². The average molecular weight is 371 g/mol. The van der Waals surface area contributed by atoms with E-state index in [0.29, 0.717) is 16.7 Å².